The Morgan fingerprint density at radius 3 is 2.47 bits per heavy atom. The maximum absolute atomic E-state index is 13.3. The van der Waals surface area contributed by atoms with Crippen LogP contribution in [0.1, 0.15) is 22.7 Å². The van der Waals surface area contributed by atoms with Crippen molar-refractivity contribution in [3.8, 4) is 0 Å². The van der Waals surface area contributed by atoms with E-state index in [-0.39, 0.29) is 11.9 Å². The van der Waals surface area contributed by atoms with Gasteiger partial charge in [0.05, 0.1) is 0 Å². The van der Waals surface area contributed by atoms with Crippen LogP contribution in [0.3, 0.4) is 0 Å². The summed E-state index contributed by atoms with van der Waals surface area (Å²) in [6, 6.07) is 12.6. The van der Waals surface area contributed by atoms with E-state index >= 15 is 0 Å². The lowest BCUT2D eigenvalue weighted by atomic mass is 9.98. The number of benzene rings is 2. The SMILES string of the molecule is Cc1cc(C(Cc2ccc(Cl)cc2)NN)ccc1F. The van der Waals surface area contributed by atoms with Crippen molar-refractivity contribution in [1.29, 1.82) is 0 Å². The number of nitrogens with one attached hydrogen (secondary N) is 1. The molecule has 0 saturated carbocycles. The van der Waals surface area contributed by atoms with E-state index in [2.05, 4.69) is 5.43 Å². The average Bonchev–Trinajstić information content (AvgIpc) is 2.41. The molecule has 0 amide bonds. The molecule has 2 nitrogen and oxygen atoms in total. The number of rotatable bonds is 4. The molecule has 1 unspecified atom stereocenters. The molecule has 2 aromatic rings. The summed E-state index contributed by atoms with van der Waals surface area (Å²) in [6.45, 7) is 1.74. The van der Waals surface area contributed by atoms with Gasteiger partial charge in [0, 0.05) is 11.1 Å². The van der Waals surface area contributed by atoms with Gasteiger partial charge in [0.2, 0.25) is 0 Å². The van der Waals surface area contributed by atoms with Gasteiger partial charge in [-0.3, -0.25) is 11.3 Å². The van der Waals surface area contributed by atoms with E-state index in [0.29, 0.717) is 10.6 Å². The summed E-state index contributed by atoms with van der Waals surface area (Å²) in [6.07, 6.45) is 0.721. The van der Waals surface area contributed by atoms with Crippen LogP contribution in [0.25, 0.3) is 0 Å². The fourth-order valence-electron chi connectivity index (χ4n) is 2.01. The van der Waals surface area contributed by atoms with Crippen LogP contribution in [-0.4, -0.2) is 0 Å². The van der Waals surface area contributed by atoms with E-state index in [1.807, 2.05) is 30.3 Å². The van der Waals surface area contributed by atoms with Crippen molar-refractivity contribution in [3.05, 3.63) is 70.0 Å². The summed E-state index contributed by atoms with van der Waals surface area (Å²) in [4.78, 5) is 0. The monoisotopic (exact) mass is 278 g/mol. The Morgan fingerprint density at radius 1 is 1.21 bits per heavy atom. The molecule has 0 aliphatic heterocycles. The third kappa shape index (κ3) is 3.53. The van der Waals surface area contributed by atoms with E-state index in [0.717, 1.165) is 17.5 Å². The van der Waals surface area contributed by atoms with E-state index in [4.69, 9.17) is 17.4 Å². The van der Waals surface area contributed by atoms with Gasteiger partial charge in [0.1, 0.15) is 5.82 Å². The minimum Gasteiger partial charge on any atom is -0.271 e. The first-order chi connectivity index (χ1) is 9.10. The van der Waals surface area contributed by atoms with Crippen molar-refractivity contribution in [2.75, 3.05) is 0 Å². The molecule has 0 bridgehead atoms. The molecule has 0 heterocycles. The second kappa shape index (κ2) is 6.15. The number of hydrogen-bond acceptors (Lipinski definition) is 2. The maximum Gasteiger partial charge on any atom is 0.126 e. The quantitative estimate of drug-likeness (QED) is 0.663. The van der Waals surface area contributed by atoms with Gasteiger partial charge in [-0.2, -0.15) is 0 Å². The van der Waals surface area contributed by atoms with Gasteiger partial charge < -0.3 is 0 Å². The van der Waals surface area contributed by atoms with Crippen molar-refractivity contribution in [2.24, 2.45) is 5.84 Å². The lowest BCUT2D eigenvalue weighted by Crippen LogP contribution is -2.29. The van der Waals surface area contributed by atoms with Crippen LogP contribution in [0.2, 0.25) is 5.02 Å². The molecule has 100 valence electrons. The summed E-state index contributed by atoms with van der Waals surface area (Å²) in [7, 11) is 0. The fraction of sp³-hybridized carbons (Fsp3) is 0.200. The fourth-order valence-corrected chi connectivity index (χ4v) is 2.14. The summed E-state index contributed by atoms with van der Waals surface area (Å²) in [5.74, 6) is 5.40. The second-order valence-corrected chi connectivity index (χ2v) is 4.99. The van der Waals surface area contributed by atoms with Crippen LogP contribution >= 0.6 is 11.6 Å². The van der Waals surface area contributed by atoms with Crippen LogP contribution < -0.4 is 11.3 Å². The number of aryl methyl sites for hydroxylation is 1. The number of nitrogens with two attached hydrogens (primary N) is 1. The van der Waals surface area contributed by atoms with Crippen LogP contribution in [0.15, 0.2) is 42.5 Å². The minimum absolute atomic E-state index is 0.0551. The van der Waals surface area contributed by atoms with Gasteiger partial charge in [0.15, 0.2) is 0 Å². The van der Waals surface area contributed by atoms with Crippen LogP contribution in [0.4, 0.5) is 4.39 Å². The van der Waals surface area contributed by atoms with E-state index in [1.165, 1.54) is 6.07 Å². The van der Waals surface area contributed by atoms with Crippen LogP contribution in [-0.2, 0) is 6.42 Å². The van der Waals surface area contributed by atoms with Crippen molar-refractivity contribution in [2.45, 2.75) is 19.4 Å². The highest BCUT2D eigenvalue weighted by atomic mass is 35.5. The highest BCUT2D eigenvalue weighted by Gasteiger charge is 2.12. The highest BCUT2D eigenvalue weighted by molar-refractivity contribution is 6.30. The van der Waals surface area contributed by atoms with Crippen molar-refractivity contribution in [3.63, 3.8) is 0 Å². The lowest BCUT2D eigenvalue weighted by Gasteiger charge is -2.17. The zero-order chi connectivity index (χ0) is 13.8. The van der Waals surface area contributed by atoms with Gasteiger partial charge in [0.25, 0.3) is 0 Å². The molecule has 0 aliphatic carbocycles. The summed E-state index contributed by atoms with van der Waals surface area (Å²) >= 11 is 5.86. The molecule has 2 aromatic carbocycles. The van der Waals surface area contributed by atoms with Gasteiger partial charge in [-0.05, 0) is 48.2 Å². The van der Waals surface area contributed by atoms with E-state index in [9.17, 15) is 4.39 Å². The summed E-state index contributed by atoms with van der Waals surface area (Å²) in [5.41, 5.74) is 5.48. The zero-order valence-corrected chi connectivity index (χ0v) is 11.4. The van der Waals surface area contributed by atoms with E-state index in [1.54, 1.807) is 13.0 Å². The molecule has 0 radical (unpaired) electrons. The average molecular weight is 279 g/mol. The predicted molar refractivity (Wildman–Crippen MR) is 76.4 cm³/mol. The predicted octanol–water partition coefficient (Wildman–Crippen LogP) is 3.53. The largest absolute Gasteiger partial charge is 0.271 e. The molecule has 0 saturated heterocycles. The normalized spacial score (nSPS) is 12.4. The maximum atomic E-state index is 13.3. The molecule has 0 spiro atoms. The molecule has 1 atom stereocenters. The third-order valence-corrected chi connectivity index (χ3v) is 3.39. The minimum atomic E-state index is -0.203. The van der Waals surface area contributed by atoms with Crippen LogP contribution in [0, 0.1) is 12.7 Å². The summed E-state index contributed by atoms with van der Waals surface area (Å²) < 4.78 is 13.3. The first-order valence-electron chi connectivity index (χ1n) is 6.07. The Morgan fingerprint density at radius 2 is 1.89 bits per heavy atom. The molecule has 19 heavy (non-hydrogen) atoms. The Kier molecular flexibility index (Phi) is 4.53. The number of hydrogen-bond donors (Lipinski definition) is 2. The smallest absolute Gasteiger partial charge is 0.126 e. The van der Waals surface area contributed by atoms with Crippen molar-refractivity contribution < 1.29 is 4.39 Å². The first-order valence-corrected chi connectivity index (χ1v) is 6.44. The molecule has 2 rings (SSSR count). The standard InChI is InChI=1S/C15H16ClFN2/c1-10-8-12(4-7-14(10)17)15(19-18)9-11-2-5-13(16)6-3-11/h2-8,15,19H,9,18H2,1H3. The van der Waals surface area contributed by atoms with Gasteiger partial charge >= 0.3 is 0 Å². The molecule has 3 N–H and O–H groups in total. The van der Waals surface area contributed by atoms with Crippen LogP contribution in [0.5, 0.6) is 0 Å². The number of hydrazine groups is 1. The molecule has 4 heteroatoms. The Balaban J connectivity index is 2.19. The van der Waals surface area contributed by atoms with E-state index < -0.39 is 0 Å². The second-order valence-electron chi connectivity index (χ2n) is 4.56. The van der Waals surface area contributed by atoms with Gasteiger partial charge in [-0.25, -0.2) is 4.39 Å². The van der Waals surface area contributed by atoms with Gasteiger partial charge in [-0.1, -0.05) is 35.9 Å². The summed E-state index contributed by atoms with van der Waals surface area (Å²) in [5, 5.41) is 0.707. The van der Waals surface area contributed by atoms with Crippen molar-refractivity contribution in [1.82, 2.24) is 5.43 Å². The molecule has 0 aromatic heterocycles. The van der Waals surface area contributed by atoms with Crippen molar-refractivity contribution >= 4 is 11.6 Å². The lowest BCUT2D eigenvalue weighted by molar-refractivity contribution is 0.548. The Bertz CT molecular complexity index is 555. The number of halogens is 2. The highest BCUT2D eigenvalue weighted by Crippen LogP contribution is 2.21. The zero-order valence-electron chi connectivity index (χ0n) is 10.7. The first kappa shape index (κ1) is 14.0. The molecule has 0 fully saturated rings. The third-order valence-electron chi connectivity index (χ3n) is 3.14. The Labute approximate surface area is 117 Å². The molecular formula is C15H16ClFN2. The molecular weight excluding hydrogens is 263 g/mol. The molecule has 0 aliphatic rings. The van der Waals surface area contributed by atoms with Gasteiger partial charge in [-0.15, -0.1) is 0 Å². The topological polar surface area (TPSA) is 38.0 Å². The Hall–Kier alpha value is -1.42.